The van der Waals surface area contributed by atoms with Gasteiger partial charge in [-0.25, -0.2) is 4.79 Å². The Morgan fingerprint density at radius 2 is 1.42 bits per heavy atom. The van der Waals surface area contributed by atoms with Gasteiger partial charge in [-0.1, -0.05) is 27.7 Å². The number of hydrogen-bond donors (Lipinski definition) is 7. The first-order valence-corrected chi connectivity index (χ1v) is 10.6. The zero-order valence-corrected chi connectivity index (χ0v) is 19.1. The van der Waals surface area contributed by atoms with Gasteiger partial charge in [0.25, 0.3) is 0 Å². The first-order valence-electron chi connectivity index (χ1n) is 10.0. The van der Waals surface area contributed by atoms with Crippen LogP contribution in [0.3, 0.4) is 0 Å². The van der Waals surface area contributed by atoms with Crippen LogP contribution in [0.1, 0.15) is 47.0 Å². The summed E-state index contributed by atoms with van der Waals surface area (Å²) in [5, 5.41) is 25.4. The summed E-state index contributed by atoms with van der Waals surface area (Å²) in [6.07, 6.45) is -0.452. The molecule has 4 unspecified atom stereocenters. The molecule has 0 bridgehead atoms. The van der Waals surface area contributed by atoms with Crippen molar-refractivity contribution in [2.24, 2.45) is 17.6 Å². The topological polar surface area (TPSA) is 188 Å². The number of carboxylic acids is 2. The molecular formula is C19H34N4O7S. The predicted molar refractivity (Wildman–Crippen MR) is 116 cm³/mol. The maximum Gasteiger partial charge on any atom is 0.326 e. The average molecular weight is 463 g/mol. The highest BCUT2D eigenvalue weighted by Crippen LogP contribution is 2.09. The molecule has 0 aromatic rings. The molecule has 11 nitrogen and oxygen atoms in total. The molecule has 4 atom stereocenters. The molecule has 0 aliphatic heterocycles. The Labute approximate surface area is 187 Å². The van der Waals surface area contributed by atoms with Crippen LogP contribution in [0.25, 0.3) is 0 Å². The van der Waals surface area contributed by atoms with Gasteiger partial charge in [0.1, 0.15) is 18.1 Å². The van der Waals surface area contributed by atoms with Crippen molar-refractivity contribution in [2.75, 3.05) is 5.75 Å². The molecular weight excluding hydrogens is 428 g/mol. The van der Waals surface area contributed by atoms with E-state index in [9.17, 15) is 29.1 Å². The number of hydrogen-bond acceptors (Lipinski definition) is 7. The minimum absolute atomic E-state index is 0.0435. The summed E-state index contributed by atoms with van der Waals surface area (Å²) in [6.45, 7) is 7.03. The third-order valence-corrected chi connectivity index (χ3v) is 4.78. The molecule has 0 rings (SSSR count). The number of amides is 3. The number of carbonyl (C=O) groups excluding carboxylic acids is 3. The summed E-state index contributed by atoms with van der Waals surface area (Å²) < 4.78 is 0. The molecule has 7 N–H and O–H groups in total. The zero-order valence-electron chi connectivity index (χ0n) is 18.3. The molecule has 0 fully saturated rings. The monoisotopic (exact) mass is 462 g/mol. The minimum atomic E-state index is -1.42. The van der Waals surface area contributed by atoms with Gasteiger partial charge in [-0.3, -0.25) is 19.2 Å². The van der Waals surface area contributed by atoms with E-state index in [0.29, 0.717) is 6.42 Å². The van der Waals surface area contributed by atoms with Gasteiger partial charge in [0.05, 0.1) is 6.04 Å². The third-order valence-electron chi connectivity index (χ3n) is 4.38. The number of carbonyl (C=O) groups is 5. The second-order valence-electron chi connectivity index (χ2n) is 8.04. The van der Waals surface area contributed by atoms with Gasteiger partial charge in [-0.15, -0.1) is 0 Å². The van der Waals surface area contributed by atoms with Crippen molar-refractivity contribution in [3.8, 4) is 0 Å². The first-order chi connectivity index (χ1) is 14.3. The van der Waals surface area contributed by atoms with E-state index in [1.54, 1.807) is 13.8 Å². The van der Waals surface area contributed by atoms with Crippen molar-refractivity contribution in [2.45, 2.75) is 71.1 Å². The van der Waals surface area contributed by atoms with Crippen molar-refractivity contribution in [3.05, 3.63) is 0 Å². The molecule has 0 aromatic heterocycles. The van der Waals surface area contributed by atoms with Gasteiger partial charge in [0.2, 0.25) is 17.7 Å². The van der Waals surface area contributed by atoms with Crippen LogP contribution in [0.5, 0.6) is 0 Å². The summed E-state index contributed by atoms with van der Waals surface area (Å²) in [5.41, 5.74) is 5.64. The Hall–Kier alpha value is -2.34. The highest BCUT2D eigenvalue weighted by Gasteiger charge is 2.32. The van der Waals surface area contributed by atoms with E-state index in [-0.39, 0.29) is 18.1 Å². The van der Waals surface area contributed by atoms with E-state index < -0.39 is 66.2 Å². The van der Waals surface area contributed by atoms with Crippen molar-refractivity contribution >= 4 is 42.3 Å². The summed E-state index contributed by atoms with van der Waals surface area (Å²) in [4.78, 5) is 59.6. The van der Waals surface area contributed by atoms with Crippen LogP contribution in [0, 0.1) is 11.8 Å². The van der Waals surface area contributed by atoms with Crippen LogP contribution in [-0.4, -0.2) is 69.8 Å². The van der Waals surface area contributed by atoms with E-state index in [4.69, 9.17) is 10.8 Å². The van der Waals surface area contributed by atoms with Gasteiger partial charge >= 0.3 is 11.9 Å². The molecule has 12 heteroatoms. The van der Waals surface area contributed by atoms with Gasteiger partial charge < -0.3 is 31.9 Å². The lowest BCUT2D eigenvalue weighted by molar-refractivity contribution is -0.143. The number of rotatable bonds is 14. The SMILES string of the molecule is CC(C)CC(NC(=O)C(N)CS)C(=O)NC(C(=O)NC(CCC(=O)O)C(=O)O)C(C)C. The Kier molecular flexibility index (Phi) is 12.8. The molecule has 0 radical (unpaired) electrons. The fourth-order valence-electron chi connectivity index (χ4n) is 2.64. The number of aliphatic carboxylic acids is 2. The predicted octanol–water partition coefficient (Wildman–Crippen LogP) is -0.651. The van der Waals surface area contributed by atoms with Gasteiger partial charge in [-0.05, 0) is 24.7 Å². The lowest BCUT2D eigenvalue weighted by Gasteiger charge is -2.27. The van der Waals surface area contributed by atoms with Crippen LogP contribution in [0.2, 0.25) is 0 Å². The lowest BCUT2D eigenvalue weighted by atomic mass is 9.99. The first kappa shape index (κ1) is 28.7. The van der Waals surface area contributed by atoms with Crippen molar-refractivity contribution in [3.63, 3.8) is 0 Å². The van der Waals surface area contributed by atoms with E-state index in [2.05, 4.69) is 28.6 Å². The van der Waals surface area contributed by atoms with Crippen molar-refractivity contribution in [1.82, 2.24) is 16.0 Å². The molecule has 0 saturated heterocycles. The molecule has 0 saturated carbocycles. The maximum atomic E-state index is 12.8. The van der Waals surface area contributed by atoms with E-state index >= 15 is 0 Å². The number of nitrogens with two attached hydrogens (primary N) is 1. The highest BCUT2D eigenvalue weighted by molar-refractivity contribution is 7.80. The molecule has 0 aliphatic rings. The largest absolute Gasteiger partial charge is 0.481 e. The Bertz CT molecular complexity index is 657. The second-order valence-corrected chi connectivity index (χ2v) is 8.41. The Morgan fingerprint density at radius 3 is 1.84 bits per heavy atom. The smallest absolute Gasteiger partial charge is 0.326 e. The summed E-state index contributed by atoms with van der Waals surface area (Å²) in [5.74, 6) is -4.78. The number of nitrogens with one attached hydrogen (secondary N) is 3. The maximum absolute atomic E-state index is 12.8. The summed E-state index contributed by atoms with van der Waals surface area (Å²) >= 11 is 3.96. The third kappa shape index (κ3) is 11.0. The van der Waals surface area contributed by atoms with E-state index in [1.807, 2.05) is 13.8 Å². The van der Waals surface area contributed by atoms with Crippen LogP contribution >= 0.6 is 12.6 Å². The quantitative estimate of drug-likeness (QED) is 0.166. The fraction of sp³-hybridized carbons (Fsp3) is 0.737. The molecule has 0 aromatic carbocycles. The molecule has 0 spiro atoms. The Balaban J connectivity index is 5.37. The van der Waals surface area contributed by atoms with E-state index in [1.165, 1.54) is 0 Å². The molecule has 0 heterocycles. The number of thiol groups is 1. The van der Waals surface area contributed by atoms with Crippen LogP contribution in [0.15, 0.2) is 0 Å². The van der Waals surface area contributed by atoms with E-state index in [0.717, 1.165) is 0 Å². The van der Waals surface area contributed by atoms with Crippen LogP contribution in [-0.2, 0) is 24.0 Å². The number of carboxylic acid groups (broad SMARTS) is 2. The fourth-order valence-corrected chi connectivity index (χ4v) is 2.81. The van der Waals surface area contributed by atoms with Crippen molar-refractivity contribution < 1.29 is 34.2 Å². The summed E-state index contributed by atoms with van der Waals surface area (Å²) in [7, 11) is 0. The lowest BCUT2D eigenvalue weighted by Crippen LogP contribution is -2.58. The molecule has 31 heavy (non-hydrogen) atoms. The van der Waals surface area contributed by atoms with Crippen LogP contribution < -0.4 is 21.7 Å². The highest BCUT2D eigenvalue weighted by atomic mass is 32.1. The average Bonchev–Trinajstić information content (AvgIpc) is 2.66. The normalized spacial score (nSPS) is 15.0. The standard InChI is InChI=1S/C19H34N4O7S/c1-9(2)7-13(22-16(26)11(20)8-31)17(27)23-15(10(3)4)18(28)21-12(19(29)30)5-6-14(24)25/h9-13,15,31H,5-8,20H2,1-4H3,(H,21,28)(H,22,26)(H,23,27)(H,24,25)(H,29,30). The second kappa shape index (κ2) is 13.9. The van der Waals surface area contributed by atoms with Gasteiger partial charge in [0.15, 0.2) is 0 Å². The zero-order chi connectivity index (χ0) is 24.3. The minimum Gasteiger partial charge on any atom is -0.481 e. The summed E-state index contributed by atoms with van der Waals surface area (Å²) in [6, 6.07) is -4.36. The molecule has 178 valence electrons. The Morgan fingerprint density at radius 1 is 0.871 bits per heavy atom. The molecule has 0 aliphatic carbocycles. The van der Waals surface area contributed by atoms with Gasteiger partial charge in [0, 0.05) is 12.2 Å². The van der Waals surface area contributed by atoms with Gasteiger partial charge in [-0.2, -0.15) is 12.6 Å². The van der Waals surface area contributed by atoms with Crippen molar-refractivity contribution in [1.29, 1.82) is 0 Å². The molecule has 3 amide bonds. The van der Waals surface area contributed by atoms with Crippen LogP contribution in [0.4, 0.5) is 0 Å².